The Morgan fingerprint density at radius 1 is 1.15 bits per heavy atom. The minimum absolute atomic E-state index is 0.443. The van der Waals surface area contributed by atoms with Crippen LogP contribution in [0.1, 0.15) is 45.4 Å². The van der Waals surface area contributed by atoms with Crippen LogP contribution in [0.4, 0.5) is 0 Å². The molecule has 0 radical (unpaired) electrons. The molecule has 2 aliphatic rings. The second-order valence-corrected chi connectivity index (χ2v) is 7.84. The second-order valence-electron chi connectivity index (χ2n) is 6.99. The normalized spacial score (nSPS) is 25.0. The fourth-order valence-electron chi connectivity index (χ4n) is 3.12. The molecule has 2 aliphatic carbocycles. The van der Waals surface area contributed by atoms with Crippen LogP contribution in [0.15, 0.2) is 87.6 Å². The van der Waals surface area contributed by atoms with Gasteiger partial charge in [0, 0.05) is 13.5 Å². The van der Waals surface area contributed by atoms with E-state index in [0.29, 0.717) is 5.92 Å². The number of halogens is 1. The summed E-state index contributed by atoms with van der Waals surface area (Å²) >= 11 is 3.68. The van der Waals surface area contributed by atoms with Crippen LogP contribution in [0.2, 0.25) is 0 Å². The van der Waals surface area contributed by atoms with Crippen LogP contribution >= 0.6 is 15.9 Å². The Hall–Kier alpha value is -1.87. The maximum atomic E-state index is 4.44. The fraction of sp³-hybridized carbons (Fsp3) is 0.375. The summed E-state index contributed by atoms with van der Waals surface area (Å²) in [4.78, 5) is 4.44. The van der Waals surface area contributed by atoms with Gasteiger partial charge >= 0.3 is 0 Å². The predicted molar refractivity (Wildman–Crippen MR) is 123 cm³/mol. The minimum Gasteiger partial charge on any atom is -0.338 e. The number of nitrogens with one attached hydrogen (secondary N) is 1. The van der Waals surface area contributed by atoms with Gasteiger partial charge in [-0.25, -0.2) is 0 Å². The van der Waals surface area contributed by atoms with Gasteiger partial charge in [0.05, 0.1) is 4.61 Å². The highest BCUT2D eigenvalue weighted by molar-refractivity contribution is 9.11. The lowest BCUT2D eigenvalue weighted by Crippen LogP contribution is -2.21. The van der Waals surface area contributed by atoms with Gasteiger partial charge in [-0.1, -0.05) is 84.9 Å². The number of aliphatic imine (C=N–C) groups is 1. The van der Waals surface area contributed by atoms with Crippen molar-refractivity contribution in [3.05, 3.63) is 82.6 Å². The van der Waals surface area contributed by atoms with Crippen molar-refractivity contribution in [3.63, 3.8) is 0 Å². The Morgan fingerprint density at radius 2 is 1.96 bits per heavy atom. The summed E-state index contributed by atoms with van der Waals surface area (Å²) in [6, 6.07) is 0. The van der Waals surface area contributed by atoms with E-state index in [1.165, 1.54) is 11.1 Å². The first kappa shape index (κ1) is 21.4. The highest BCUT2D eigenvalue weighted by Gasteiger charge is 2.07. The van der Waals surface area contributed by atoms with Crippen molar-refractivity contribution in [3.8, 4) is 0 Å². The van der Waals surface area contributed by atoms with Gasteiger partial charge in [0.1, 0.15) is 5.84 Å². The first-order chi connectivity index (χ1) is 13.2. The molecule has 2 nitrogen and oxygen atoms in total. The largest absolute Gasteiger partial charge is 0.338 e. The van der Waals surface area contributed by atoms with Crippen molar-refractivity contribution in [2.24, 2.45) is 10.9 Å². The molecule has 0 amide bonds. The summed E-state index contributed by atoms with van der Waals surface area (Å²) in [6.07, 6.45) is 30.4. The lowest BCUT2D eigenvalue weighted by atomic mass is 9.98. The molecule has 1 atom stereocenters. The van der Waals surface area contributed by atoms with Gasteiger partial charge in [-0.3, -0.25) is 4.99 Å². The molecular formula is C24H31BrN2. The summed E-state index contributed by atoms with van der Waals surface area (Å²) in [5, 5.41) is 3.44. The molecule has 0 fully saturated rings. The average molecular weight is 427 g/mol. The van der Waals surface area contributed by atoms with E-state index in [4.69, 9.17) is 0 Å². The van der Waals surface area contributed by atoms with Crippen LogP contribution < -0.4 is 5.32 Å². The molecular weight excluding hydrogens is 396 g/mol. The number of hydrogen-bond donors (Lipinski definition) is 1. The topological polar surface area (TPSA) is 24.4 Å². The van der Waals surface area contributed by atoms with Gasteiger partial charge in [-0.15, -0.1) is 0 Å². The molecule has 144 valence electrons. The molecule has 3 heteroatoms. The van der Waals surface area contributed by atoms with E-state index in [1.54, 1.807) is 0 Å². The van der Waals surface area contributed by atoms with Crippen molar-refractivity contribution < 1.29 is 0 Å². The van der Waals surface area contributed by atoms with Crippen LogP contribution in [0.25, 0.3) is 0 Å². The second kappa shape index (κ2) is 12.5. The van der Waals surface area contributed by atoms with Crippen LogP contribution in [0.5, 0.6) is 0 Å². The van der Waals surface area contributed by atoms with Gasteiger partial charge < -0.3 is 5.32 Å². The van der Waals surface area contributed by atoms with Gasteiger partial charge in [-0.2, -0.15) is 0 Å². The third-order valence-corrected chi connectivity index (χ3v) is 5.00. The van der Waals surface area contributed by atoms with E-state index in [9.17, 15) is 0 Å². The van der Waals surface area contributed by atoms with Crippen molar-refractivity contribution in [2.45, 2.75) is 45.4 Å². The van der Waals surface area contributed by atoms with Crippen molar-refractivity contribution >= 4 is 21.8 Å². The monoisotopic (exact) mass is 426 g/mol. The van der Waals surface area contributed by atoms with Gasteiger partial charge in [-0.05, 0) is 54.0 Å². The minimum atomic E-state index is 0.443. The standard InChI is InChI=1S/C24H31BrN2/c1-20(17-21-13-9-5-3-6-10-14-21)18-23(25)27-24(26-2)19-22-15-11-7-4-8-12-16-22/h3-5,7-9,11,13-15,18,20H,6,10,12,16-17,19H2,1-2H3,(H,26,27)/b5-3+,8-4-,11-7-,13-9?,21-14?,22-15+,23-18-. The molecule has 0 bridgehead atoms. The van der Waals surface area contributed by atoms with Gasteiger partial charge in [0.2, 0.25) is 0 Å². The highest BCUT2D eigenvalue weighted by Crippen LogP contribution is 2.20. The summed E-state index contributed by atoms with van der Waals surface area (Å²) in [6.45, 7) is 2.25. The first-order valence-electron chi connectivity index (χ1n) is 9.81. The molecule has 0 aromatic carbocycles. The number of nitrogens with zero attached hydrogens (tertiary/aromatic N) is 1. The number of allylic oxidation sites excluding steroid dienone is 12. The maximum Gasteiger partial charge on any atom is 0.105 e. The number of hydrogen-bond acceptors (Lipinski definition) is 1. The molecule has 1 N–H and O–H groups in total. The Labute approximate surface area is 173 Å². The highest BCUT2D eigenvalue weighted by atomic mass is 79.9. The molecule has 27 heavy (non-hydrogen) atoms. The van der Waals surface area contributed by atoms with Crippen molar-refractivity contribution in [1.82, 2.24) is 5.32 Å². The molecule has 0 aliphatic heterocycles. The van der Waals surface area contributed by atoms with E-state index < -0.39 is 0 Å². The van der Waals surface area contributed by atoms with Crippen LogP contribution in [-0.4, -0.2) is 12.9 Å². The van der Waals surface area contributed by atoms with Gasteiger partial charge in [0.25, 0.3) is 0 Å². The Morgan fingerprint density at radius 3 is 2.81 bits per heavy atom. The lowest BCUT2D eigenvalue weighted by Gasteiger charge is -2.14. The Kier molecular flexibility index (Phi) is 9.93. The summed E-state index contributed by atoms with van der Waals surface area (Å²) < 4.78 is 0.993. The van der Waals surface area contributed by atoms with E-state index in [-0.39, 0.29) is 0 Å². The lowest BCUT2D eigenvalue weighted by molar-refractivity contribution is 0.718. The zero-order chi connectivity index (χ0) is 19.3. The molecule has 0 aromatic rings. The maximum absolute atomic E-state index is 4.44. The number of amidine groups is 1. The third-order valence-electron chi connectivity index (χ3n) is 4.54. The zero-order valence-electron chi connectivity index (χ0n) is 16.5. The van der Waals surface area contributed by atoms with Crippen molar-refractivity contribution in [2.75, 3.05) is 7.05 Å². The Balaban J connectivity index is 1.90. The van der Waals surface area contributed by atoms with E-state index in [0.717, 1.165) is 49.0 Å². The van der Waals surface area contributed by atoms with E-state index in [2.05, 4.69) is 100.0 Å². The molecule has 0 heterocycles. The smallest absolute Gasteiger partial charge is 0.105 e. The van der Waals surface area contributed by atoms with Crippen LogP contribution in [-0.2, 0) is 0 Å². The fourth-order valence-corrected chi connectivity index (χ4v) is 3.80. The summed E-state index contributed by atoms with van der Waals surface area (Å²) in [5.74, 6) is 1.43. The summed E-state index contributed by atoms with van der Waals surface area (Å²) in [5.41, 5.74) is 2.81. The summed E-state index contributed by atoms with van der Waals surface area (Å²) in [7, 11) is 1.85. The Bertz CT molecular complexity index is 715. The molecule has 0 aromatic heterocycles. The number of rotatable bonds is 6. The molecule has 0 spiro atoms. The average Bonchev–Trinajstić information content (AvgIpc) is 2.58. The SMILES string of the molecule is CN=C(C/C1=C/C=C\C=C/CC1)N/C(Br)=C\C(C)CC1=CCC/C=C/C=C1. The van der Waals surface area contributed by atoms with Crippen LogP contribution in [0, 0.1) is 5.92 Å². The van der Waals surface area contributed by atoms with E-state index in [1.807, 2.05) is 7.05 Å². The van der Waals surface area contributed by atoms with Gasteiger partial charge in [0.15, 0.2) is 0 Å². The third kappa shape index (κ3) is 9.05. The first-order valence-corrected chi connectivity index (χ1v) is 10.6. The predicted octanol–water partition coefficient (Wildman–Crippen LogP) is 6.92. The zero-order valence-corrected chi connectivity index (χ0v) is 18.1. The molecule has 1 unspecified atom stereocenters. The molecule has 0 saturated carbocycles. The quantitative estimate of drug-likeness (QED) is 0.278. The van der Waals surface area contributed by atoms with Crippen molar-refractivity contribution in [1.29, 1.82) is 0 Å². The van der Waals surface area contributed by atoms with E-state index >= 15 is 0 Å². The molecule has 0 saturated heterocycles. The van der Waals surface area contributed by atoms with Crippen LogP contribution in [0.3, 0.4) is 0 Å². The molecule has 2 rings (SSSR count).